The van der Waals surface area contributed by atoms with Gasteiger partial charge in [-0.2, -0.15) is 0 Å². The van der Waals surface area contributed by atoms with E-state index in [1.165, 1.54) is 24.3 Å². The van der Waals surface area contributed by atoms with Crippen LogP contribution in [-0.4, -0.2) is 35.9 Å². The van der Waals surface area contributed by atoms with E-state index in [1.807, 2.05) is 6.92 Å². The van der Waals surface area contributed by atoms with Crippen molar-refractivity contribution in [3.05, 3.63) is 58.6 Å². The van der Waals surface area contributed by atoms with Gasteiger partial charge in [0.25, 0.3) is 11.6 Å². The third-order valence-electron chi connectivity index (χ3n) is 3.95. The summed E-state index contributed by atoms with van der Waals surface area (Å²) in [4.78, 5) is 45.9. The van der Waals surface area contributed by atoms with E-state index in [9.17, 15) is 24.5 Å². The maximum atomic E-state index is 12.0. The molecule has 0 saturated heterocycles. The molecule has 31 heavy (non-hydrogen) atoms. The van der Waals surface area contributed by atoms with Gasteiger partial charge in [-0.1, -0.05) is 18.2 Å². The molecule has 2 amide bonds. The van der Waals surface area contributed by atoms with E-state index < -0.39 is 29.3 Å². The normalized spacial score (nSPS) is 10.1. The van der Waals surface area contributed by atoms with E-state index in [1.54, 1.807) is 24.3 Å². The third-order valence-corrected chi connectivity index (χ3v) is 3.95. The lowest BCUT2D eigenvalue weighted by molar-refractivity contribution is -0.384. The minimum Gasteiger partial charge on any atom is -0.492 e. The fourth-order valence-electron chi connectivity index (χ4n) is 2.57. The average Bonchev–Trinajstić information content (AvgIpc) is 2.74. The van der Waals surface area contributed by atoms with Gasteiger partial charge >= 0.3 is 5.97 Å². The van der Waals surface area contributed by atoms with Gasteiger partial charge in [-0.15, -0.1) is 0 Å². The second-order valence-electron chi connectivity index (χ2n) is 6.35. The summed E-state index contributed by atoms with van der Waals surface area (Å²) in [7, 11) is 0. The Hall–Kier alpha value is -3.95. The number of hydrogen-bond donors (Lipinski definition) is 2. The molecule has 0 aliphatic carbocycles. The summed E-state index contributed by atoms with van der Waals surface area (Å²) in [5.74, 6) is -1.00. The number of non-ortho nitro benzene ring substituents is 1. The molecule has 0 aromatic heterocycles. The number of para-hydroxylation sites is 2. The first-order valence-electron chi connectivity index (χ1n) is 9.60. The second kappa shape index (κ2) is 11.9. The summed E-state index contributed by atoms with van der Waals surface area (Å²) in [5, 5.41) is 15.9. The lowest BCUT2D eigenvalue weighted by Gasteiger charge is -2.11. The zero-order valence-electron chi connectivity index (χ0n) is 17.0. The van der Waals surface area contributed by atoms with Crippen molar-refractivity contribution >= 4 is 34.8 Å². The first-order chi connectivity index (χ1) is 14.9. The molecule has 10 heteroatoms. The van der Waals surface area contributed by atoms with Gasteiger partial charge in [0.15, 0.2) is 6.61 Å². The quantitative estimate of drug-likeness (QED) is 0.318. The maximum absolute atomic E-state index is 12.0. The monoisotopic (exact) mass is 429 g/mol. The largest absolute Gasteiger partial charge is 0.492 e. The Balaban J connectivity index is 1.69. The molecule has 2 aromatic carbocycles. The van der Waals surface area contributed by atoms with Gasteiger partial charge in [0, 0.05) is 30.7 Å². The highest BCUT2D eigenvalue weighted by Gasteiger charge is 2.12. The van der Waals surface area contributed by atoms with Crippen molar-refractivity contribution in [3.8, 4) is 5.75 Å². The smallest absolute Gasteiger partial charge is 0.306 e. The van der Waals surface area contributed by atoms with Crippen molar-refractivity contribution < 1.29 is 28.8 Å². The fraction of sp³-hybridized carbons (Fsp3) is 0.286. The number of ether oxygens (including phenoxy) is 2. The number of nitro benzene ring substituents is 1. The van der Waals surface area contributed by atoms with Crippen molar-refractivity contribution in [1.82, 2.24) is 0 Å². The minimum absolute atomic E-state index is 0.0196. The van der Waals surface area contributed by atoms with Crippen LogP contribution in [0.4, 0.5) is 17.1 Å². The van der Waals surface area contributed by atoms with E-state index in [2.05, 4.69) is 10.6 Å². The molecule has 2 rings (SSSR count). The van der Waals surface area contributed by atoms with Crippen LogP contribution in [0.3, 0.4) is 0 Å². The molecule has 0 heterocycles. The number of amides is 2. The highest BCUT2D eigenvalue weighted by molar-refractivity contribution is 5.94. The zero-order valence-corrected chi connectivity index (χ0v) is 17.0. The number of esters is 1. The molecule has 0 bridgehead atoms. The Morgan fingerprint density at radius 1 is 1.00 bits per heavy atom. The molecule has 0 radical (unpaired) electrons. The van der Waals surface area contributed by atoms with Crippen LogP contribution < -0.4 is 15.4 Å². The van der Waals surface area contributed by atoms with Gasteiger partial charge in [0.2, 0.25) is 5.91 Å². The molecule has 0 unspecified atom stereocenters. The summed E-state index contributed by atoms with van der Waals surface area (Å²) >= 11 is 0. The number of nitro groups is 1. The first kappa shape index (κ1) is 23.3. The van der Waals surface area contributed by atoms with Gasteiger partial charge in [-0.25, -0.2) is 0 Å². The number of nitrogens with one attached hydrogen (secondary N) is 2. The molecule has 0 aliphatic rings. The van der Waals surface area contributed by atoms with Crippen LogP contribution in [0.1, 0.15) is 26.2 Å². The van der Waals surface area contributed by atoms with Crippen LogP contribution in [0.2, 0.25) is 0 Å². The molecular formula is C21H23N3O7. The predicted molar refractivity (Wildman–Crippen MR) is 113 cm³/mol. The molecule has 0 atom stereocenters. The number of anilines is 2. The highest BCUT2D eigenvalue weighted by atomic mass is 16.6. The average molecular weight is 429 g/mol. The Labute approximate surface area is 178 Å². The van der Waals surface area contributed by atoms with Crippen LogP contribution in [0.25, 0.3) is 0 Å². The van der Waals surface area contributed by atoms with Gasteiger partial charge in [0.1, 0.15) is 5.75 Å². The standard InChI is InChI=1S/C21H23N3O7/c1-2-30-18-10-4-3-9-17(18)23-20(26)14-31-21(27)12-6-11-19(25)22-15-7-5-8-16(13-15)24(28)29/h3-5,7-10,13H,2,6,11-12,14H2,1H3,(H,22,25)(H,23,26). The van der Waals surface area contributed by atoms with Crippen molar-refractivity contribution in [2.45, 2.75) is 26.2 Å². The van der Waals surface area contributed by atoms with E-state index in [-0.39, 0.29) is 24.9 Å². The number of nitrogens with zero attached hydrogens (tertiary/aromatic N) is 1. The molecule has 10 nitrogen and oxygen atoms in total. The van der Waals surface area contributed by atoms with Gasteiger partial charge in [-0.05, 0) is 31.5 Å². The lowest BCUT2D eigenvalue weighted by Crippen LogP contribution is -2.21. The topological polar surface area (TPSA) is 137 Å². The third kappa shape index (κ3) is 8.13. The van der Waals surface area contributed by atoms with Crippen LogP contribution in [0.5, 0.6) is 5.75 Å². The summed E-state index contributed by atoms with van der Waals surface area (Å²) in [6, 6.07) is 12.4. The van der Waals surface area contributed by atoms with Crippen molar-refractivity contribution in [2.75, 3.05) is 23.8 Å². The molecule has 0 aliphatic heterocycles. The van der Waals surface area contributed by atoms with Crippen LogP contribution >= 0.6 is 0 Å². The number of carbonyl (C=O) groups is 3. The van der Waals surface area contributed by atoms with E-state index >= 15 is 0 Å². The molecule has 2 N–H and O–H groups in total. The van der Waals surface area contributed by atoms with Crippen LogP contribution in [0.15, 0.2) is 48.5 Å². The molecule has 164 valence electrons. The maximum Gasteiger partial charge on any atom is 0.306 e. The lowest BCUT2D eigenvalue weighted by atomic mass is 10.2. The van der Waals surface area contributed by atoms with Gasteiger partial charge in [0.05, 0.1) is 17.2 Å². The minimum atomic E-state index is -0.614. The summed E-state index contributed by atoms with van der Waals surface area (Å²) in [6.07, 6.45) is 0.172. The molecule has 0 saturated carbocycles. The molecule has 0 fully saturated rings. The molecule has 2 aromatic rings. The van der Waals surface area contributed by atoms with Crippen LogP contribution in [0, 0.1) is 10.1 Å². The first-order valence-corrected chi connectivity index (χ1v) is 9.60. The summed E-state index contributed by atoms with van der Waals surface area (Å²) in [6.45, 7) is 1.81. The van der Waals surface area contributed by atoms with E-state index in [0.29, 0.717) is 23.7 Å². The highest BCUT2D eigenvalue weighted by Crippen LogP contribution is 2.23. The van der Waals surface area contributed by atoms with Gasteiger partial charge < -0.3 is 20.1 Å². The van der Waals surface area contributed by atoms with Crippen molar-refractivity contribution in [1.29, 1.82) is 0 Å². The Morgan fingerprint density at radius 3 is 2.52 bits per heavy atom. The van der Waals surface area contributed by atoms with E-state index in [4.69, 9.17) is 9.47 Å². The predicted octanol–water partition coefficient (Wildman–Crippen LogP) is 3.28. The zero-order chi connectivity index (χ0) is 22.6. The number of carbonyl (C=O) groups excluding carboxylic acids is 3. The Morgan fingerprint density at radius 2 is 1.77 bits per heavy atom. The van der Waals surface area contributed by atoms with Crippen molar-refractivity contribution in [3.63, 3.8) is 0 Å². The second-order valence-corrected chi connectivity index (χ2v) is 6.35. The number of hydrogen-bond acceptors (Lipinski definition) is 7. The molecule has 0 spiro atoms. The number of benzene rings is 2. The summed E-state index contributed by atoms with van der Waals surface area (Å²) in [5.41, 5.74) is 0.637. The van der Waals surface area contributed by atoms with Crippen molar-refractivity contribution in [2.24, 2.45) is 0 Å². The molecular weight excluding hydrogens is 406 g/mol. The SMILES string of the molecule is CCOc1ccccc1NC(=O)COC(=O)CCCC(=O)Nc1cccc([N+](=O)[O-])c1. The van der Waals surface area contributed by atoms with E-state index in [0.717, 1.165) is 0 Å². The fourth-order valence-corrected chi connectivity index (χ4v) is 2.57. The van der Waals surface area contributed by atoms with Crippen LogP contribution in [-0.2, 0) is 19.1 Å². The Bertz CT molecular complexity index is 946. The van der Waals surface area contributed by atoms with Gasteiger partial charge in [-0.3, -0.25) is 24.5 Å². The number of rotatable bonds is 11. The summed E-state index contributed by atoms with van der Waals surface area (Å²) < 4.78 is 10.3. The Kier molecular flexibility index (Phi) is 8.96.